The molecular weight excluding hydrogens is 827 g/mol. The summed E-state index contributed by atoms with van der Waals surface area (Å²) in [5.41, 5.74) is 14.4. The van der Waals surface area contributed by atoms with Crippen molar-refractivity contribution in [3.8, 4) is 22.3 Å². The van der Waals surface area contributed by atoms with E-state index < -0.39 is 5.41 Å². The van der Waals surface area contributed by atoms with Gasteiger partial charge in [0.1, 0.15) is 11.2 Å². The highest BCUT2D eigenvalue weighted by Crippen LogP contribution is 2.57. The molecule has 0 saturated carbocycles. The zero-order valence-corrected chi connectivity index (χ0v) is 36.7. The lowest BCUT2D eigenvalue weighted by molar-refractivity contribution is 0.669. The number of benzene rings is 10. The monoisotopic (exact) mass is 863 g/mol. The molecular formula is C61H37NOS2. The number of hydrogen-bond acceptors (Lipinski definition) is 4. The molecule has 0 amide bonds. The smallest absolute Gasteiger partial charge is 0.137 e. The molecule has 1 aliphatic rings. The minimum absolute atomic E-state index is 0.523. The molecule has 14 rings (SSSR count). The van der Waals surface area contributed by atoms with Crippen molar-refractivity contribution >= 4 is 102 Å². The Hall–Kier alpha value is -7.76. The molecule has 304 valence electrons. The number of anilines is 3. The summed E-state index contributed by atoms with van der Waals surface area (Å²) >= 11 is 3.80. The van der Waals surface area contributed by atoms with Crippen LogP contribution in [0.15, 0.2) is 229 Å². The van der Waals surface area contributed by atoms with Gasteiger partial charge in [-0.3, -0.25) is 0 Å². The highest BCUT2D eigenvalue weighted by atomic mass is 32.1. The van der Waals surface area contributed by atoms with E-state index in [1.54, 1.807) is 0 Å². The van der Waals surface area contributed by atoms with Crippen LogP contribution in [0.3, 0.4) is 0 Å². The number of rotatable bonds is 6. The molecule has 1 aliphatic carbocycles. The van der Waals surface area contributed by atoms with E-state index in [4.69, 9.17) is 4.42 Å². The van der Waals surface area contributed by atoms with Gasteiger partial charge in [0, 0.05) is 74.2 Å². The van der Waals surface area contributed by atoms with Gasteiger partial charge in [0.2, 0.25) is 0 Å². The van der Waals surface area contributed by atoms with Gasteiger partial charge in [0.15, 0.2) is 0 Å². The first-order valence-electron chi connectivity index (χ1n) is 22.2. The molecule has 10 aromatic carbocycles. The van der Waals surface area contributed by atoms with Crippen LogP contribution in [0.25, 0.3) is 84.5 Å². The van der Waals surface area contributed by atoms with Crippen molar-refractivity contribution in [2.24, 2.45) is 0 Å². The quantitative estimate of drug-likeness (QED) is 0.166. The maximum Gasteiger partial charge on any atom is 0.137 e. The van der Waals surface area contributed by atoms with Crippen molar-refractivity contribution in [2.45, 2.75) is 5.41 Å². The van der Waals surface area contributed by atoms with Crippen molar-refractivity contribution in [1.82, 2.24) is 0 Å². The molecule has 0 unspecified atom stereocenters. The molecule has 0 aliphatic heterocycles. The lowest BCUT2D eigenvalue weighted by Crippen LogP contribution is -2.28. The number of para-hydroxylation sites is 1. The molecule has 65 heavy (non-hydrogen) atoms. The van der Waals surface area contributed by atoms with Gasteiger partial charge in [-0.05, 0) is 105 Å². The average Bonchev–Trinajstić information content (AvgIpc) is 4.13. The van der Waals surface area contributed by atoms with E-state index in [0.29, 0.717) is 0 Å². The second kappa shape index (κ2) is 14.1. The fourth-order valence-corrected chi connectivity index (χ4v) is 13.4. The Bertz CT molecular complexity index is 3970. The normalized spacial score (nSPS) is 13.0. The third kappa shape index (κ3) is 5.33. The molecule has 0 fully saturated rings. The molecule has 13 aromatic rings. The molecule has 0 atom stereocenters. The van der Waals surface area contributed by atoms with Gasteiger partial charge in [-0.2, -0.15) is 0 Å². The number of hydrogen-bond donors (Lipinski definition) is 0. The van der Waals surface area contributed by atoms with Gasteiger partial charge < -0.3 is 9.32 Å². The van der Waals surface area contributed by atoms with Gasteiger partial charge in [0.25, 0.3) is 0 Å². The summed E-state index contributed by atoms with van der Waals surface area (Å²) in [6, 6.07) is 82.6. The van der Waals surface area contributed by atoms with Gasteiger partial charge in [-0.1, -0.05) is 158 Å². The van der Waals surface area contributed by atoms with E-state index >= 15 is 0 Å². The molecule has 0 N–H and O–H groups in total. The zero-order chi connectivity index (χ0) is 42.6. The SMILES string of the molecule is c1ccc(C2(c3ccccc3)c3ccccc3-c3ccc(N(c4ccc(-c5cccc6sc7ccc8c9ccccc9sc8c7c56)cc4)c4ccc5c(c4)oc4ccccc45)cc32)cc1. The highest BCUT2D eigenvalue weighted by molar-refractivity contribution is 7.29. The maximum absolute atomic E-state index is 6.55. The minimum atomic E-state index is -0.523. The topological polar surface area (TPSA) is 16.4 Å². The Balaban J connectivity index is 0.980. The van der Waals surface area contributed by atoms with E-state index in [2.05, 4.69) is 223 Å². The number of nitrogens with zero attached hydrogens (tertiary/aromatic N) is 1. The van der Waals surface area contributed by atoms with Crippen LogP contribution >= 0.6 is 22.7 Å². The lowest BCUT2D eigenvalue weighted by atomic mass is 9.67. The first kappa shape index (κ1) is 36.7. The van der Waals surface area contributed by atoms with Gasteiger partial charge in [-0.15, -0.1) is 22.7 Å². The largest absolute Gasteiger partial charge is 0.456 e. The van der Waals surface area contributed by atoms with Crippen molar-refractivity contribution in [1.29, 1.82) is 0 Å². The summed E-state index contributed by atoms with van der Waals surface area (Å²) in [5.74, 6) is 0. The van der Waals surface area contributed by atoms with Crippen molar-refractivity contribution in [3.05, 3.63) is 247 Å². The summed E-state index contributed by atoms with van der Waals surface area (Å²) in [4.78, 5) is 2.40. The fourth-order valence-electron chi connectivity index (χ4n) is 11.0. The predicted octanol–water partition coefficient (Wildman–Crippen LogP) is 17.8. The summed E-state index contributed by atoms with van der Waals surface area (Å²) in [7, 11) is 0. The van der Waals surface area contributed by atoms with E-state index in [0.717, 1.165) is 39.0 Å². The second-order valence-corrected chi connectivity index (χ2v) is 19.2. The van der Waals surface area contributed by atoms with Crippen LogP contribution in [0.1, 0.15) is 22.3 Å². The fraction of sp³-hybridized carbons (Fsp3) is 0.0164. The molecule has 4 heteroatoms. The van der Waals surface area contributed by atoms with Crippen molar-refractivity contribution in [2.75, 3.05) is 4.90 Å². The standard InChI is InChI=1S/C61H37NOS2/c1-3-14-39(15-4-1)61(40-16-5-2-6-17-40)51-22-10-7-18-45(51)46-32-30-42(36-52(46)61)62(43-31-33-48-47-19-8-11-23-53(47)63-54(48)37-43)41-28-26-38(27-29-41)44-21-13-25-56-58(44)59-57(64-56)35-34-50-49-20-9-12-24-55(49)65-60(50)59/h1-37H. The van der Waals surface area contributed by atoms with E-state index in [-0.39, 0.29) is 0 Å². The third-order valence-electron chi connectivity index (χ3n) is 13.8. The van der Waals surface area contributed by atoms with Crippen LogP contribution in [0.2, 0.25) is 0 Å². The number of fused-ring (bicyclic) bond motifs is 13. The van der Waals surface area contributed by atoms with Crippen LogP contribution in [0, 0.1) is 0 Å². The van der Waals surface area contributed by atoms with Crippen LogP contribution in [0.4, 0.5) is 17.1 Å². The Morgan fingerprint density at radius 1 is 0.354 bits per heavy atom. The van der Waals surface area contributed by atoms with Crippen LogP contribution in [-0.2, 0) is 5.41 Å². The molecule has 0 bridgehead atoms. The summed E-state index contributed by atoms with van der Waals surface area (Å²) in [6.45, 7) is 0. The first-order valence-corrected chi connectivity index (χ1v) is 23.8. The maximum atomic E-state index is 6.55. The van der Waals surface area contributed by atoms with Crippen LogP contribution in [0.5, 0.6) is 0 Å². The summed E-state index contributed by atoms with van der Waals surface area (Å²) < 4.78 is 11.9. The van der Waals surface area contributed by atoms with E-state index in [1.165, 1.54) is 84.9 Å². The van der Waals surface area contributed by atoms with E-state index in [1.807, 2.05) is 28.7 Å². The third-order valence-corrected chi connectivity index (χ3v) is 16.1. The zero-order valence-electron chi connectivity index (χ0n) is 35.0. The lowest BCUT2D eigenvalue weighted by Gasteiger charge is -2.35. The number of furan rings is 1. The average molecular weight is 864 g/mol. The molecule has 3 heterocycles. The van der Waals surface area contributed by atoms with E-state index in [9.17, 15) is 0 Å². The molecule has 3 aromatic heterocycles. The highest BCUT2D eigenvalue weighted by Gasteiger charge is 2.46. The van der Waals surface area contributed by atoms with Crippen molar-refractivity contribution in [3.63, 3.8) is 0 Å². The molecule has 0 radical (unpaired) electrons. The summed E-state index contributed by atoms with van der Waals surface area (Å²) in [5, 5.41) is 7.60. The Kier molecular flexibility index (Phi) is 7.97. The van der Waals surface area contributed by atoms with Crippen molar-refractivity contribution < 1.29 is 4.42 Å². The molecule has 0 spiro atoms. The Morgan fingerprint density at radius 2 is 0.954 bits per heavy atom. The second-order valence-electron chi connectivity index (χ2n) is 17.1. The van der Waals surface area contributed by atoms with Crippen LogP contribution < -0.4 is 4.90 Å². The van der Waals surface area contributed by atoms with Crippen LogP contribution in [-0.4, -0.2) is 0 Å². The first-order chi connectivity index (χ1) is 32.2. The van der Waals surface area contributed by atoms with Gasteiger partial charge >= 0.3 is 0 Å². The minimum Gasteiger partial charge on any atom is -0.456 e. The Labute approximate surface area is 383 Å². The van der Waals surface area contributed by atoms with Gasteiger partial charge in [-0.25, -0.2) is 0 Å². The predicted molar refractivity (Wildman–Crippen MR) is 277 cm³/mol. The molecule has 0 saturated heterocycles. The Morgan fingerprint density at radius 3 is 1.78 bits per heavy atom. The summed E-state index contributed by atoms with van der Waals surface area (Å²) in [6.07, 6.45) is 0. The van der Waals surface area contributed by atoms with Gasteiger partial charge in [0.05, 0.1) is 5.41 Å². The number of thiophene rings is 2. The molecule has 2 nitrogen and oxygen atoms in total.